The maximum Gasteiger partial charge on any atom is 0.380 e. The van der Waals surface area contributed by atoms with Crippen molar-refractivity contribution in [1.29, 1.82) is 0 Å². The second kappa shape index (κ2) is 27.5. The summed E-state index contributed by atoms with van der Waals surface area (Å²) in [5.74, 6) is -2.09. The van der Waals surface area contributed by atoms with Crippen LogP contribution in [0.3, 0.4) is 0 Å². The molecule has 0 aromatic heterocycles. The molecule has 0 N–H and O–H groups in total. The van der Waals surface area contributed by atoms with E-state index in [9.17, 15) is 42.3 Å². The molecule has 14 nitrogen and oxygen atoms in total. The minimum Gasteiger partial charge on any atom is -0.464 e. The number of methoxy groups -OCH3 is 1. The molecule has 1 saturated heterocycles. The number of esters is 7. The van der Waals surface area contributed by atoms with Crippen LogP contribution in [-0.2, 0) is 66.7 Å². The van der Waals surface area contributed by atoms with Gasteiger partial charge in [0.25, 0.3) is 0 Å². The van der Waals surface area contributed by atoms with Gasteiger partial charge in [0.15, 0.2) is 6.10 Å². The number of carbonyl (C=O) groups excluding carboxylic acids is 7. The van der Waals surface area contributed by atoms with Gasteiger partial charge < -0.3 is 33.2 Å². The van der Waals surface area contributed by atoms with E-state index in [0.29, 0.717) is 47.5 Å². The Morgan fingerprint density at radius 3 is 1.44 bits per heavy atom. The van der Waals surface area contributed by atoms with Gasteiger partial charge >= 0.3 is 47.7 Å². The summed E-state index contributed by atoms with van der Waals surface area (Å²) >= 11 is 0. The molecule has 8 bridgehead atoms. The maximum atomic E-state index is 13.3. The first-order valence-corrected chi connectivity index (χ1v) is 28.7. The first-order valence-electron chi connectivity index (χ1n) is 28.7. The molecule has 0 radical (unpaired) electrons. The minimum absolute atomic E-state index is 0.0147. The molecule has 9 aliphatic carbocycles. The molecule has 79 heavy (non-hydrogen) atoms. The first-order chi connectivity index (χ1) is 36.7. The molecule has 0 aromatic carbocycles. The highest BCUT2D eigenvalue weighted by Crippen LogP contribution is 2.65. The van der Waals surface area contributed by atoms with Gasteiger partial charge in [0.1, 0.15) is 16.8 Å². The van der Waals surface area contributed by atoms with Crippen molar-refractivity contribution in [2.24, 2.45) is 52.8 Å². The second-order valence-electron chi connectivity index (χ2n) is 25.1. The van der Waals surface area contributed by atoms with Crippen LogP contribution in [0.4, 0.5) is 8.78 Å². The van der Waals surface area contributed by atoms with Crippen molar-refractivity contribution < 1.29 is 75.5 Å². The van der Waals surface area contributed by atoms with E-state index >= 15 is 0 Å². The molecular weight excluding hydrogens is 1020 g/mol. The number of halogens is 2. The summed E-state index contributed by atoms with van der Waals surface area (Å²) in [6.07, 6.45) is 17.6. The molecular formula is C63H94F2O14. The van der Waals surface area contributed by atoms with Gasteiger partial charge in [-0.2, -0.15) is 8.78 Å². The fourth-order valence-electron chi connectivity index (χ4n) is 14.1. The van der Waals surface area contributed by atoms with Crippen molar-refractivity contribution in [3.63, 3.8) is 0 Å². The van der Waals surface area contributed by atoms with Gasteiger partial charge in [-0.25, -0.2) is 33.6 Å². The van der Waals surface area contributed by atoms with Crippen LogP contribution in [0.15, 0.2) is 60.8 Å². The number of ether oxygens (including phenoxy) is 7. The van der Waals surface area contributed by atoms with Crippen LogP contribution < -0.4 is 0 Å². The highest BCUT2D eigenvalue weighted by molar-refractivity contribution is 5.90. The Morgan fingerprint density at radius 2 is 1.08 bits per heavy atom. The SMILES string of the molecule is C=C(C)C(=O)OC(C)(C)C12CC3CC(CC(C3)C1)C2.C=C(C)C(=O)OC(CC)C(F)(F)C(=O)OC.C=C(C)C(=O)OC1(C(C)C)CCCC1.C=C(C)C(=O)OC1(CC)C2CC3CC(C2)CC1C3.C=C(C)C(=O)OC1CCOC1=O. The van der Waals surface area contributed by atoms with Crippen LogP contribution in [0, 0.1) is 52.8 Å². The zero-order valence-electron chi connectivity index (χ0n) is 49.7. The van der Waals surface area contributed by atoms with Crippen LogP contribution in [0.25, 0.3) is 0 Å². The minimum atomic E-state index is -3.85. The summed E-state index contributed by atoms with van der Waals surface area (Å²) in [4.78, 5) is 79.0. The van der Waals surface area contributed by atoms with Crippen molar-refractivity contribution >= 4 is 41.8 Å². The van der Waals surface area contributed by atoms with Gasteiger partial charge in [-0.1, -0.05) is 60.6 Å². The molecule has 444 valence electrons. The summed E-state index contributed by atoms with van der Waals surface area (Å²) < 4.78 is 61.8. The average molecular weight is 1110 g/mol. The number of hydrogen-bond donors (Lipinski definition) is 0. The predicted molar refractivity (Wildman–Crippen MR) is 296 cm³/mol. The van der Waals surface area contributed by atoms with Crippen molar-refractivity contribution in [2.45, 2.75) is 227 Å². The molecule has 16 heteroatoms. The largest absolute Gasteiger partial charge is 0.464 e. The van der Waals surface area contributed by atoms with Gasteiger partial charge in [-0.15, -0.1) is 0 Å². The Hall–Kier alpha value is -5.15. The summed E-state index contributed by atoms with van der Waals surface area (Å²) in [6.45, 7) is 38.1. The molecule has 10 fully saturated rings. The summed E-state index contributed by atoms with van der Waals surface area (Å²) in [6, 6.07) is 0. The van der Waals surface area contributed by atoms with Gasteiger partial charge in [0.2, 0.25) is 6.10 Å². The third-order valence-electron chi connectivity index (χ3n) is 18.2. The third-order valence-corrected chi connectivity index (χ3v) is 18.2. The topological polar surface area (TPSA) is 184 Å². The van der Waals surface area contributed by atoms with E-state index < -0.39 is 42.0 Å². The van der Waals surface area contributed by atoms with Crippen molar-refractivity contribution in [3.05, 3.63) is 60.8 Å². The number of hydrogen-bond acceptors (Lipinski definition) is 14. The standard InChI is InChI=1S/C17H26O2.C16H24O2.C12H20O2.C10H14F2O4.C8H10O4/c1-11(2)15(18)19-16(3,4)17-8-12-5-13(9-17)7-14(6-12)10-17;1-4-16(18-15(17)10(2)3)13-6-11-5-12(8-13)9-14(16)7-11;1-9(2)11(13)14-12(10(3)4)7-5-6-8-12;1-5-7(16-8(13)6(2)3)10(11,12)9(14)15-4;1-5(2)7(9)12-6-3-4-11-8(6)10/h12-14H,1,5-10H2,2-4H3;11-14H,2,4-9H2,1,3H3;10H,1,5-8H2,2-4H3;7H,2,5H2,1,3-4H3;6H,1,3-4H2,2H3. The fraction of sp³-hybridized carbons (Fsp3) is 0.730. The lowest BCUT2D eigenvalue weighted by Crippen LogP contribution is -2.59. The number of carbonyl (C=O) groups is 7. The Morgan fingerprint density at radius 1 is 0.646 bits per heavy atom. The van der Waals surface area contributed by atoms with E-state index in [4.69, 9.17) is 18.9 Å². The zero-order chi connectivity index (χ0) is 59.6. The van der Waals surface area contributed by atoms with E-state index in [1.54, 1.807) is 20.8 Å². The summed E-state index contributed by atoms with van der Waals surface area (Å²) in [5, 5.41) is 0. The van der Waals surface area contributed by atoms with Crippen LogP contribution in [-0.4, -0.2) is 90.4 Å². The normalized spacial score (nSPS) is 29.3. The predicted octanol–water partition coefficient (Wildman–Crippen LogP) is 13.0. The molecule has 9 saturated carbocycles. The fourth-order valence-corrected chi connectivity index (χ4v) is 14.1. The van der Waals surface area contributed by atoms with Crippen molar-refractivity contribution in [1.82, 2.24) is 0 Å². The Labute approximate surface area is 469 Å². The van der Waals surface area contributed by atoms with E-state index in [1.807, 2.05) is 0 Å². The van der Waals surface area contributed by atoms with Gasteiger partial charge in [-0.05, 0) is 205 Å². The highest BCUT2D eigenvalue weighted by Gasteiger charge is 2.60. The highest BCUT2D eigenvalue weighted by atomic mass is 19.3. The van der Waals surface area contributed by atoms with Crippen LogP contribution >= 0.6 is 0 Å². The second-order valence-corrected chi connectivity index (χ2v) is 25.1. The monoisotopic (exact) mass is 1110 g/mol. The molecule has 0 aromatic rings. The van der Waals surface area contributed by atoms with E-state index in [2.05, 4.69) is 81.7 Å². The quantitative estimate of drug-likeness (QED) is 0.0808. The number of cyclic esters (lactones) is 1. The first kappa shape index (κ1) is 66.4. The zero-order valence-corrected chi connectivity index (χ0v) is 49.7. The lowest BCUT2D eigenvalue weighted by Gasteiger charge is -2.61. The van der Waals surface area contributed by atoms with Crippen molar-refractivity contribution in [2.75, 3.05) is 13.7 Å². The van der Waals surface area contributed by atoms with E-state index in [1.165, 1.54) is 104 Å². The lowest BCUT2D eigenvalue weighted by atomic mass is 9.46. The Balaban J connectivity index is 0.000000215. The van der Waals surface area contributed by atoms with Crippen LogP contribution in [0.1, 0.15) is 192 Å². The third kappa shape index (κ3) is 16.3. The molecule has 10 rings (SSSR count). The Bertz CT molecular complexity index is 2240. The van der Waals surface area contributed by atoms with Crippen LogP contribution in [0.5, 0.6) is 0 Å². The molecule has 0 spiro atoms. The molecule has 2 atom stereocenters. The number of rotatable bonds is 16. The smallest absolute Gasteiger partial charge is 0.380 e. The molecule has 10 aliphatic rings. The molecule has 0 amide bonds. The molecule has 1 aliphatic heterocycles. The molecule has 1 heterocycles. The lowest BCUT2D eigenvalue weighted by molar-refractivity contribution is -0.207. The average Bonchev–Trinajstić information content (AvgIpc) is 4.18. The maximum absolute atomic E-state index is 13.3. The van der Waals surface area contributed by atoms with Gasteiger partial charge in [0, 0.05) is 39.7 Å². The van der Waals surface area contributed by atoms with Gasteiger partial charge in [-0.3, -0.25) is 0 Å². The van der Waals surface area contributed by atoms with Crippen LogP contribution in [0.2, 0.25) is 0 Å². The molecule has 2 unspecified atom stereocenters. The van der Waals surface area contributed by atoms with Gasteiger partial charge in [0.05, 0.1) is 13.7 Å². The summed E-state index contributed by atoms with van der Waals surface area (Å²) in [5.41, 5.74) is 1.32. The number of alkyl halides is 2. The van der Waals surface area contributed by atoms with E-state index in [-0.39, 0.29) is 57.7 Å². The Kier molecular flexibility index (Phi) is 23.1. The summed E-state index contributed by atoms with van der Waals surface area (Å²) in [7, 11) is 0.837. The van der Waals surface area contributed by atoms with Crippen molar-refractivity contribution in [3.8, 4) is 0 Å². The van der Waals surface area contributed by atoms with E-state index in [0.717, 1.165) is 56.0 Å².